The first-order valence-electron chi connectivity index (χ1n) is 6.45. The van der Waals surface area contributed by atoms with Crippen LogP contribution < -0.4 is 9.64 Å². The van der Waals surface area contributed by atoms with Crippen LogP contribution in [-0.2, 0) is 9.47 Å². The number of nitrogens with zero attached hydrogens (tertiary/aromatic N) is 2. The number of aromatic nitrogens is 1. The maximum absolute atomic E-state index is 5.73. The minimum atomic E-state index is -0.338. The number of hydrogen-bond donors (Lipinski definition) is 0. The molecule has 3 heterocycles. The first-order valence-corrected chi connectivity index (χ1v) is 7.24. The lowest BCUT2D eigenvalue weighted by atomic mass is 10.0. The van der Waals surface area contributed by atoms with Gasteiger partial charge in [-0.3, -0.25) is 0 Å². The van der Waals surface area contributed by atoms with Gasteiger partial charge in [0.15, 0.2) is 5.79 Å². The molecule has 1 aromatic heterocycles. The lowest BCUT2D eigenvalue weighted by Crippen LogP contribution is -2.45. The highest BCUT2D eigenvalue weighted by Gasteiger charge is 2.40. The van der Waals surface area contributed by atoms with Gasteiger partial charge in [0.05, 0.1) is 31.0 Å². The molecule has 19 heavy (non-hydrogen) atoms. The van der Waals surface area contributed by atoms with Gasteiger partial charge in [-0.15, -0.1) is 0 Å². The predicted molar refractivity (Wildman–Crippen MR) is 74.6 cm³/mol. The Labute approximate surface area is 121 Å². The fourth-order valence-electron chi connectivity index (χ4n) is 2.60. The smallest absolute Gasteiger partial charge is 0.171 e. The molecular formula is C13H17BrN2O3. The van der Waals surface area contributed by atoms with E-state index in [0.29, 0.717) is 13.2 Å². The second-order valence-corrected chi connectivity index (χ2v) is 5.63. The number of halogens is 1. The number of ether oxygens (including phenoxy) is 3. The summed E-state index contributed by atoms with van der Waals surface area (Å²) in [4.78, 5) is 6.71. The molecule has 0 aliphatic carbocycles. The molecule has 2 aliphatic heterocycles. The molecule has 2 fully saturated rings. The van der Waals surface area contributed by atoms with E-state index in [1.807, 2.05) is 6.07 Å². The van der Waals surface area contributed by atoms with Crippen LogP contribution in [0.15, 0.2) is 16.7 Å². The highest BCUT2D eigenvalue weighted by atomic mass is 79.9. The van der Waals surface area contributed by atoms with E-state index in [1.165, 1.54) is 0 Å². The Morgan fingerprint density at radius 2 is 2.00 bits per heavy atom. The van der Waals surface area contributed by atoms with Crippen molar-refractivity contribution in [2.45, 2.75) is 18.6 Å². The maximum atomic E-state index is 5.73. The van der Waals surface area contributed by atoms with E-state index in [-0.39, 0.29) is 5.79 Å². The molecule has 2 saturated heterocycles. The summed E-state index contributed by atoms with van der Waals surface area (Å²) in [7, 11) is 1.64. The van der Waals surface area contributed by atoms with Crippen molar-refractivity contribution in [2.24, 2.45) is 0 Å². The molecule has 0 N–H and O–H groups in total. The van der Waals surface area contributed by atoms with Crippen LogP contribution in [0.2, 0.25) is 0 Å². The average molecular weight is 329 g/mol. The summed E-state index contributed by atoms with van der Waals surface area (Å²) in [6.45, 7) is 3.20. The topological polar surface area (TPSA) is 43.8 Å². The first kappa shape index (κ1) is 13.1. The van der Waals surface area contributed by atoms with Gasteiger partial charge in [-0.05, 0) is 22.0 Å². The molecule has 0 saturated carbocycles. The third kappa shape index (κ3) is 2.57. The Morgan fingerprint density at radius 1 is 1.32 bits per heavy atom. The van der Waals surface area contributed by atoms with Gasteiger partial charge in [-0.2, -0.15) is 0 Å². The first-order chi connectivity index (χ1) is 9.22. The van der Waals surface area contributed by atoms with Crippen LogP contribution >= 0.6 is 15.9 Å². The fraction of sp³-hybridized carbons (Fsp3) is 0.615. The summed E-state index contributed by atoms with van der Waals surface area (Å²) in [5.74, 6) is 1.37. The summed E-state index contributed by atoms with van der Waals surface area (Å²) in [5, 5.41) is 0. The van der Waals surface area contributed by atoms with Crippen molar-refractivity contribution in [1.82, 2.24) is 4.98 Å². The van der Waals surface area contributed by atoms with Crippen LogP contribution in [0.25, 0.3) is 0 Å². The molecule has 1 aromatic rings. The maximum Gasteiger partial charge on any atom is 0.171 e. The molecule has 104 valence electrons. The quantitative estimate of drug-likeness (QED) is 0.832. The molecule has 0 atom stereocenters. The Hall–Kier alpha value is -0.850. The summed E-state index contributed by atoms with van der Waals surface area (Å²) in [5.41, 5.74) is 0. The van der Waals surface area contributed by atoms with Gasteiger partial charge in [-0.1, -0.05) is 0 Å². The largest absolute Gasteiger partial charge is 0.495 e. The fourth-order valence-corrected chi connectivity index (χ4v) is 3.18. The Morgan fingerprint density at radius 3 is 2.58 bits per heavy atom. The second kappa shape index (κ2) is 5.26. The van der Waals surface area contributed by atoms with Crippen LogP contribution in [-0.4, -0.2) is 44.2 Å². The van der Waals surface area contributed by atoms with Crippen molar-refractivity contribution in [1.29, 1.82) is 0 Å². The molecule has 2 aliphatic rings. The summed E-state index contributed by atoms with van der Waals surface area (Å²) in [6, 6.07) is 1.94. The van der Waals surface area contributed by atoms with E-state index in [2.05, 4.69) is 25.8 Å². The molecule has 6 heteroatoms. The number of piperidine rings is 1. The van der Waals surface area contributed by atoms with E-state index < -0.39 is 0 Å². The van der Waals surface area contributed by atoms with E-state index in [0.717, 1.165) is 42.0 Å². The van der Waals surface area contributed by atoms with Gasteiger partial charge in [0.2, 0.25) is 0 Å². The zero-order valence-electron chi connectivity index (χ0n) is 10.9. The molecule has 0 aromatic carbocycles. The normalized spacial score (nSPS) is 21.9. The van der Waals surface area contributed by atoms with Gasteiger partial charge in [0, 0.05) is 25.9 Å². The van der Waals surface area contributed by atoms with E-state index in [9.17, 15) is 0 Å². The van der Waals surface area contributed by atoms with Gasteiger partial charge in [-0.25, -0.2) is 4.98 Å². The molecule has 0 bridgehead atoms. The van der Waals surface area contributed by atoms with Crippen LogP contribution in [0.5, 0.6) is 5.75 Å². The number of anilines is 1. The van der Waals surface area contributed by atoms with Crippen molar-refractivity contribution in [2.75, 3.05) is 38.3 Å². The van der Waals surface area contributed by atoms with Crippen LogP contribution in [0.3, 0.4) is 0 Å². The number of pyridine rings is 1. The Kier molecular flexibility index (Phi) is 3.64. The SMILES string of the molecule is COc1cnc(N2CCC3(CC2)OCCO3)c(Br)c1. The molecule has 0 unspecified atom stereocenters. The highest BCUT2D eigenvalue weighted by Crippen LogP contribution is 2.35. The van der Waals surface area contributed by atoms with Crippen LogP contribution in [0.1, 0.15) is 12.8 Å². The van der Waals surface area contributed by atoms with Gasteiger partial charge in [0.1, 0.15) is 11.6 Å². The molecular weight excluding hydrogens is 312 g/mol. The third-order valence-corrected chi connectivity index (χ3v) is 4.25. The molecule has 5 nitrogen and oxygen atoms in total. The number of methoxy groups -OCH3 is 1. The van der Waals surface area contributed by atoms with Crippen molar-refractivity contribution in [3.05, 3.63) is 16.7 Å². The average Bonchev–Trinajstić information content (AvgIpc) is 2.88. The zero-order valence-corrected chi connectivity index (χ0v) is 12.5. The minimum absolute atomic E-state index is 0.338. The summed E-state index contributed by atoms with van der Waals surface area (Å²) < 4.78 is 17.6. The molecule has 3 rings (SSSR count). The van der Waals surface area contributed by atoms with E-state index >= 15 is 0 Å². The zero-order chi connectivity index (χ0) is 13.3. The van der Waals surface area contributed by atoms with Gasteiger partial charge < -0.3 is 19.1 Å². The van der Waals surface area contributed by atoms with Crippen molar-refractivity contribution >= 4 is 21.7 Å². The van der Waals surface area contributed by atoms with E-state index in [1.54, 1.807) is 13.3 Å². The number of rotatable bonds is 2. The number of hydrogen-bond acceptors (Lipinski definition) is 5. The summed E-state index contributed by atoms with van der Waals surface area (Å²) in [6.07, 6.45) is 3.51. The van der Waals surface area contributed by atoms with Gasteiger partial charge >= 0.3 is 0 Å². The minimum Gasteiger partial charge on any atom is -0.495 e. The lowest BCUT2D eigenvalue weighted by Gasteiger charge is -2.38. The van der Waals surface area contributed by atoms with Gasteiger partial charge in [0.25, 0.3) is 0 Å². The predicted octanol–water partition coefficient (Wildman–Crippen LogP) is 2.20. The van der Waals surface area contributed by atoms with Crippen molar-refractivity contribution in [3.8, 4) is 5.75 Å². The van der Waals surface area contributed by atoms with Crippen LogP contribution in [0, 0.1) is 0 Å². The second-order valence-electron chi connectivity index (χ2n) is 4.78. The molecule has 1 spiro atoms. The Balaban J connectivity index is 1.71. The van der Waals surface area contributed by atoms with Crippen molar-refractivity contribution in [3.63, 3.8) is 0 Å². The van der Waals surface area contributed by atoms with Crippen LogP contribution in [0.4, 0.5) is 5.82 Å². The Bertz CT molecular complexity index is 453. The lowest BCUT2D eigenvalue weighted by molar-refractivity contribution is -0.169. The highest BCUT2D eigenvalue weighted by molar-refractivity contribution is 9.10. The third-order valence-electron chi connectivity index (χ3n) is 3.67. The van der Waals surface area contributed by atoms with Crippen molar-refractivity contribution < 1.29 is 14.2 Å². The summed E-state index contributed by atoms with van der Waals surface area (Å²) >= 11 is 3.55. The molecule has 0 amide bonds. The molecule has 0 radical (unpaired) electrons. The van der Waals surface area contributed by atoms with E-state index in [4.69, 9.17) is 14.2 Å². The monoisotopic (exact) mass is 328 g/mol. The standard InChI is InChI=1S/C13H17BrN2O3/c1-17-10-8-11(14)12(15-9-10)16-4-2-13(3-5-16)18-6-7-19-13/h8-9H,2-7H2,1H3.